The summed E-state index contributed by atoms with van der Waals surface area (Å²) >= 11 is 0. The van der Waals surface area contributed by atoms with Gasteiger partial charge >= 0.3 is 0 Å². The van der Waals surface area contributed by atoms with Gasteiger partial charge in [0.15, 0.2) is 17.5 Å². The average molecular weight is 666 g/mol. The Morgan fingerprint density at radius 1 is 0.442 bits per heavy atom. The third-order valence-corrected chi connectivity index (χ3v) is 10.1. The van der Waals surface area contributed by atoms with Crippen molar-refractivity contribution >= 4 is 65.4 Å². The average Bonchev–Trinajstić information content (AvgIpc) is 3.77. The number of aromatic nitrogens is 5. The van der Waals surface area contributed by atoms with Crippen LogP contribution in [0.25, 0.3) is 105 Å². The molecule has 0 unspecified atom stereocenters. The topological polar surface area (TPSA) is 69.6 Å². The second-order valence-corrected chi connectivity index (χ2v) is 13.1. The van der Waals surface area contributed by atoms with Gasteiger partial charge in [0, 0.05) is 49.8 Å². The molecule has 0 atom stereocenters. The lowest BCUT2D eigenvalue weighted by molar-refractivity contribution is 0.654. The summed E-state index contributed by atoms with van der Waals surface area (Å²) in [5.74, 6) is 1.76. The molecule has 0 aliphatic rings. The van der Waals surface area contributed by atoms with Crippen LogP contribution < -0.4 is 0 Å². The molecule has 7 aromatic carbocycles. The van der Waals surface area contributed by atoms with Crippen LogP contribution in [0.2, 0.25) is 0 Å². The third-order valence-electron chi connectivity index (χ3n) is 10.1. The molecule has 0 radical (unpaired) electrons. The van der Waals surface area contributed by atoms with Gasteiger partial charge in [0.2, 0.25) is 5.71 Å². The van der Waals surface area contributed by atoms with E-state index in [4.69, 9.17) is 19.4 Å². The lowest BCUT2D eigenvalue weighted by Crippen LogP contribution is -2.02. The largest absolute Gasteiger partial charge is 0.438 e. The van der Waals surface area contributed by atoms with E-state index in [0.29, 0.717) is 23.2 Å². The number of para-hydroxylation sites is 1. The number of hydrogen-bond acceptors (Lipinski definition) is 5. The first-order chi connectivity index (χ1) is 25.8. The summed E-state index contributed by atoms with van der Waals surface area (Å²) in [6.07, 6.45) is 1.75. The first-order valence-electron chi connectivity index (χ1n) is 17.3. The Bertz CT molecular complexity index is 3200. The van der Waals surface area contributed by atoms with E-state index < -0.39 is 0 Å². The zero-order valence-electron chi connectivity index (χ0n) is 27.7. The highest BCUT2D eigenvalue weighted by atomic mass is 16.3. The van der Waals surface area contributed by atoms with Crippen LogP contribution in [0.1, 0.15) is 0 Å². The molecule has 0 spiro atoms. The molecule has 6 nitrogen and oxygen atoms in total. The van der Waals surface area contributed by atoms with Gasteiger partial charge in [-0.15, -0.1) is 0 Å². The maximum absolute atomic E-state index is 6.16. The molecule has 6 heteroatoms. The summed E-state index contributed by atoms with van der Waals surface area (Å²) in [7, 11) is 0. The van der Waals surface area contributed by atoms with Crippen molar-refractivity contribution in [3.05, 3.63) is 164 Å². The van der Waals surface area contributed by atoms with Gasteiger partial charge in [-0.2, -0.15) is 0 Å². The van der Waals surface area contributed by atoms with Crippen molar-refractivity contribution in [2.75, 3.05) is 0 Å². The van der Waals surface area contributed by atoms with Crippen molar-refractivity contribution in [3.8, 4) is 39.9 Å². The molecule has 11 rings (SSSR count). The van der Waals surface area contributed by atoms with Crippen molar-refractivity contribution in [1.82, 2.24) is 24.5 Å². The molecule has 0 aliphatic carbocycles. The summed E-state index contributed by atoms with van der Waals surface area (Å²) < 4.78 is 8.56. The minimum absolute atomic E-state index is 0.569. The summed E-state index contributed by atoms with van der Waals surface area (Å²) in [5.41, 5.74) is 7.34. The van der Waals surface area contributed by atoms with Crippen LogP contribution in [0.5, 0.6) is 0 Å². The second-order valence-electron chi connectivity index (χ2n) is 13.1. The SMILES string of the molecule is c1ccc(-c2nc(-c3cc(-n4c5ccccc5c5c6ccccc6ccc54)c4ccccc4c3)nc(-c3cccc4oc5ncccc5c34)n2)cc1. The minimum atomic E-state index is 0.569. The van der Waals surface area contributed by atoms with E-state index in [0.717, 1.165) is 60.5 Å². The van der Waals surface area contributed by atoms with E-state index in [9.17, 15) is 0 Å². The van der Waals surface area contributed by atoms with Crippen LogP contribution in [-0.2, 0) is 0 Å². The van der Waals surface area contributed by atoms with Crippen LogP contribution in [0.15, 0.2) is 168 Å². The fourth-order valence-corrected chi connectivity index (χ4v) is 7.79. The predicted octanol–water partition coefficient (Wildman–Crippen LogP) is 11.6. The second kappa shape index (κ2) is 11.2. The molecule has 0 N–H and O–H groups in total. The number of benzene rings is 7. The van der Waals surface area contributed by atoms with Gasteiger partial charge in [0.1, 0.15) is 5.58 Å². The monoisotopic (exact) mass is 665 g/mol. The number of pyridine rings is 1. The Balaban J connectivity index is 1.21. The van der Waals surface area contributed by atoms with Crippen LogP contribution in [0.3, 0.4) is 0 Å². The maximum atomic E-state index is 6.16. The lowest BCUT2D eigenvalue weighted by atomic mass is 10.0. The molecule has 52 heavy (non-hydrogen) atoms. The van der Waals surface area contributed by atoms with E-state index in [2.05, 4.69) is 107 Å². The molecular formula is C46H27N5O. The maximum Gasteiger partial charge on any atom is 0.227 e. The van der Waals surface area contributed by atoms with E-state index in [1.807, 2.05) is 60.7 Å². The fraction of sp³-hybridized carbons (Fsp3) is 0. The van der Waals surface area contributed by atoms with Gasteiger partial charge < -0.3 is 8.98 Å². The van der Waals surface area contributed by atoms with E-state index in [-0.39, 0.29) is 0 Å². The molecule has 0 fully saturated rings. The molecule has 0 saturated heterocycles. The Labute approximate surface area is 297 Å². The molecule has 242 valence electrons. The Kier molecular flexibility index (Phi) is 6.15. The highest BCUT2D eigenvalue weighted by Crippen LogP contribution is 2.40. The smallest absolute Gasteiger partial charge is 0.227 e. The zero-order valence-corrected chi connectivity index (χ0v) is 27.7. The van der Waals surface area contributed by atoms with Crippen LogP contribution in [-0.4, -0.2) is 24.5 Å². The van der Waals surface area contributed by atoms with Gasteiger partial charge in [0.05, 0.1) is 16.7 Å². The first kappa shape index (κ1) is 28.6. The van der Waals surface area contributed by atoms with E-state index in [1.165, 1.54) is 21.5 Å². The zero-order chi connectivity index (χ0) is 34.2. The van der Waals surface area contributed by atoms with Gasteiger partial charge in [0.25, 0.3) is 0 Å². The van der Waals surface area contributed by atoms with Crippen LogP contribution in [0.4, 0.5) is 0 Å². The third kappa shape index (κ3) is 4.31. The quantitative estimate of drug-likeness (QED) is 0.187. The molecule has 0 aliphatic heterocycles. The molecule has 4 aromatic heterocycles. The van der Waals surface area contributed by atoms with Crippen molar-refractivity contribution in [2.24, 2.45) is 0 Å². The predicted molar refractivity (Wildman–Crippen MR) is 211 cm³/mol. The Morgan fingerprint density at radius 2 is 1.15 bits per heavy atom. The highest BCUT2D eigenvalue weighted by Gasteiger charge is 2.21. The summed E-state index contributed by atoms with van der Waals surface area (Å²) in [6, 6.07) is 54.8. The lowest BCUT2D eigenvalue weighted by Gasteiger charge is -2.15. The molecule has 11 aromatic rings. The molecule has 0 saturated carbocycles. The minimum Gasteiger partial charge on any atom is -0.438 e. The number of rotatable bonds is 4. The van der Waals surface area contributed by atoms with Crippen LogP contribution in [0, 0.1) is 0 Å². The number of nitrogens with zero attached hydrogens (tertiary/aromatic N) is 5. The molecule has 4 heterocycles. The number of hydrogen-bond donors (Lipinski definition) is 0. The molecular weight excluding hydrogens is 639 g/mol. The Morgan fingerprint density at radius 3 is 2.04 bits per heavy atom. The van der Waals surface area contributed by atoms with Crippen molar-refractivity contribution < 1.29 is 4.42 Å². The highest BCUT2D eigenvalue weighted by molar-refractivity contribution is 6.22. The Hall–Kier alpha value is -7.18. The molecule has 0 amide bonds. The van der Waals surface area contributed by atoms with Crippen molar-refractivity contribution in [1.29, 1.82) is 0 Å². The normalized spacial score (nSPS) is 11.8. The number of fused-ring (bicyclic) bond motifs is 9. The molecule has 0 bridgehead atoms. The first-order valence-corrected chi connectivity index (χ1v) is 17.3. The number of furan rings is 1. The standard InChI is InChI=1S/C46H27N5O/c1-2-13-29(14-3-1)43-48-44(50-45(49-43)35-19-10-22-40-42(35)36-20-11-25-47-46(36)52-40)31-26-30-15-5-6-16-32(30)39(27-31)51-37-21-9-8-18-34(37)41-33-17-7-4-12-28(33)23-24-38(41)51/h1-27H. The van der Waals surface area contributed by atoms with Crippen molar-refractivity contribution in [3.63, 3.8) is 0 Å². The van der Waals surface area contributed by atoms with Gasteiger partial charge in [-0.1, -0.05) is 115 Å². The summed E-state index contributed by atoms with van der Waals surface area (Å²) in [5, 5.41) is 9.00. The van der Waals surface area contributed by atoms with Gasteiger partial charge in [-0.25, -0.2) is 19.9 Å². The summed E-state index contributed by atoms with van der Waals surface area (Å²) in [4.78, 5) is 20.0. The van der Waals surface area contributed by atoms with E-state index in [1.54, 1.807) is 6.20 Å². The van der Waals surface area contributed by atoms with E-state index >= 15 is 0 Å². The fourth-order valence-electron chi connectivity index (χ4n) is 7.79. The van der Waals surface area contributed by atoms with Gasteiger partial charge in [-0.05, 0) is 58.6 Å². The van der Waals surface area contributed by atoms with Crippen molar-refractivity contribution in [2.45, 2.75) is 0 Å². The van der Waals surface area contributed by atoms with Crippen LogP contribution >= 0.6 is 0 Å². The van der Waals surface area contributed by atoms with Gasteiger partial charge in [-0.3, -0.25) is 0 Å². The summed E-state index contributed by atoms with van der Waals surface area (Å²) in [6.45, 7) is 0.